The van der Waals surface area contributed by atoms with E-state index >= 15 is 0 Å². The van der Waals surface area contributed by atoms with E-state index in [1.807, 2.05) is 12.1 Å². The Morgan fingerprint density at radius 2 is 1.00 bits per heavy atom. The molecule has 0 spiro atoms. The highest BCUT2D eigenvalue weighted by atomic mass is 16.5. The van der Waals surface area contributed by atoms with E-state index in [0.29, 0.717) is 53.3 Å². The first-order valence-electron chi connectivity index (χ1n) is 18.4. The minimum atomic E-state index is 0.0339. The van der Waals surface area contributed by atoms with Gasteiger partial charge in [0.2, 0.25) is 0 Å². The Bertz CT molecular complexity index is 1520. The third kappa shape index (κ3) is 9.94. The molecule has 1 aliphatic carbocycles. The summed E-state index contributed by atoms with van der Waals surface area (Å²) in [4.78, 5) is 14.5. The van der Waals surface area contributed by atoms with Crippen LogP contribution in [0.3, 0.4) is 0 Å². The molecule has 0 fully saturated rings. The highest BCUT2D eigenvalue weighted by molar-refractivity contribution is 5.73. The number of unbranched alkanes of at least 4 members (excludes halogenated alkanes) is 10. The number of nitrogens with zero attached hydrogens (tertiary/aromatic N) is 3. The Hall–Kier alpha value is -4.13. The minimum Gasteiger partial charge on any atom is -0.507 e. The van der Waals surface area contributed by atoms with Crippen molar-refractivity contribution in [3.8, 4) is 57.2 Å². The van der Waals surface area contributed by atoms with Crippen LogP contribution >= 0.6 is 0 Å². The summed E-state index contributed by atoms with van der Waals surface area (Å²) in [6, 6.07) is 16.9. The van der Waals surface area contributed by atoms with Crippen LogP contribution in [0, 0.1) is 0 Å². The number of aryl methyl sites for hydroxylation is 2. The molecular weight excluding hydrogens is 598 g/mol. The van der Waals surface area contributed by atoms with Crippen LogP contribution in [0.5, 0.6) is 23.0 Å². The number of aromatic hydroxyl groups is 2. The van der Waals surface area contributed by atoms with Crippen molar-refractivity contribution in [2.45, 2.75) is 117 Å². The zero-order valence-electron chi connectivity index (χ0n) is 29.0. The normalized spacial score (nSPS) is 12.5. The van der Waals surface area contributed by atoms with Crippen LogP contribution in [0.25, 0.3) is 34.2 Å². The molecule has 3 aromatic carbocycles. The lowest BCUT2D eigenvalue weighted by molar-refractivity contribution is 0.302. The van der Waals surface area contributed by atoms with Crippen LogP contribution in [0.15, 0.2) is 54.6 Å². The van der Waals surface area contributed by atoms with Crippen LogP contribution in [-0.4, -0.2) is 38.4 Å². The Morgan fingerprint density at radius 1 is 0.521 bits per heavy atom. The quantitative estimate of drug-likeness (QED) is 0.0974. The Labute approximate surface area is 286 Å². The van der Waals surface area contributed by atoms with Crippen LogP contribution in [0.1, 0.15) is 115 Å². The average molecular weight is 652 g/mol. The largest absolute Gasteiger partial charge is 0.507 e. The molecule has 1 aliphatic rings. The second-order valence-corrected chi connectivity index (χ2v) is 13.1. The van der Waals surface area contributed by atoms with Crippen LogP contribution in [0.2, 0.25) is 0 Å². The number of hydrogen-bond donors (Lipinski definition) is 2. The number of aromatic nitrogens is 3. The predicted molar refractivity (Wildman–Crippen MR) is 194 cm³/mol. The second-order valence-electron chi connectivity index (χ2n) is 13.1. The molecule has 0 saturated carbocycles. The third-order valence-corrected chi connectivity index (χ3v) is 9.20. The average Bonchev–Trinajstić information content (AvgIpc) is 3.10. The molecule has 256 valence electrons. The van der Waals surface area contributed by atoms with E-state index in [1.54, 1.807) is 24.3 Å². The van der Waals surface area contributed by atoms with Gasteiger partial charge in [-0.3, -0.25) is 0 Å². The third-order valence-electron chi connectivity index (χ3n) is 9.20. The van der Waals surface area contributed by atoms with Crippen molar-refractivity contribution < 1.29 is 19.7 Å². The van der Waals surface area contributed by atoms with Gasteiger partial charge in [-0.15, -0.1) is 0 Å². The van der Waals surface area contributed by atoms with Crippen molar-refractivity contribution in [3.63, 3.8) is 0 Å². The van der Waals surface area contributed by atoms with Crippen molar-refractivity contribution in [1.29, 1.82) is 0 Å². The van der Waals surface area contributed by atoms with Crippen molar-refractivity contribution in [2.75, 3.05) is 13.2 Å². The van der Waals surface area contributed by atoms with Gasteiger partial charge in [0.05, 0.1) is 24.3 Å². The predicted octanol–water partition coefficient (Wildman–Crippen LogP) is 10.6. The van der Waals surface area contributed by atoms with Gasteiger partial charge >= 0.3 is 0 Å². The summed E-state index contributed by atoms with van der Waals surface area (Å²) < 4.78 is 11.9. The summed E-state index contributed by atoms with van der Waals surface area (Å²) in [5.41, 5.74) is 4.54. The first-order chi connectivity index (χ1) is 23.6. The summed E-state index contributed by atoms with van der Waals surface area (Å²) in [6.45, 7) is 5.67. The number of phenols is 2. The number of ether oxygens (including phenoxy) is 2. The number of phenolic OH excluding ortho intramolecular Hbond substituents is 2. The van der Waals surface area contributed by atoms with Crippen molar-refractivity contribution >= 4 is 0 Å². The number of hydrogen-bond acceptors (Lipinski definition) is 7. The topological polar surface area (TPSA) is 97.6 Å². The summed E-state index contributed by atoms with van der Waals surface area (Å²) in [5, 5.41) is 22.3. The first-order valence-corrected chi connectivity index (χ1v) is 18.4. The van der Waals surface area contributed by atoms with Gasteiger partial charge in [0.25, 0.3) is 0 Å². The highest BCUT2D eigenvalue weighted by Gasteiger charge is 2.19. The molecule has 4 aromatic rings. The lowest BCUT2D eigenvalue weighted by Crippen LogP contribution is -2.04. The van der Waals surface area contributed by atoms with Gasteiger partial charge in [-0.2, -0.15) is 0 Å². The van der Waals surface area contributed by atoms with Gasteiger partial charge in [0.1, 0.15) is 23.0 Å². The molecule has 0 radical (unpaired) electrons. The molecule has 1 aromatic heterocycles. The molecule has 0 bridgehead atoms. The lowest BCUT2D eigenvalue weighted by atomic mass is 9.90. The zero-order chi connectivity index (χ0) is 33.6. The standard InChI is InChI=1S/C41H53N3O4/c1-3-5-7-9-11-15-25-47-33-21-23-35(37(45)28-33)40-42-39(32-20-19-30-17-13-14-18-31(30)27-32)43-41(44-40)36-24-22-34(29-38(36)46)48-26-16-12-10-8-6-4-2/h19-24,27-29,45-46H,3-18,25-26H2,1-2H3. The molecule has 7 nitrogen and oxygen atoms in total. The van der Waals surface area contributed by atoms with E-state index in [-0.39, 0.29) is 11.5 Å². The highest BCUT2D eigenvalue weighted by Crippen LogP contribution is 2.36. The zero-order valence-corrected chi connectivity index (χ0v) is 29.0. The summed E-state index contributed by atoms with van der Waals surface area (Å²) in [7, 11) is 0. The molecular formula is C41H53N3O4. The second kappa shape index (κ2) is 18.4. The van der Waals surface area contributed by atoms with Crippen molar-refractivity contribution in [1.82, 2.24) is 15.0 Å². The fourth-order valence-corrected chi connectivity index (χ4v) is 6.34. The Morgan fingerprint density at radius 3 is 1.52 bits per heavy atom. The SMILES string of the molecule is CCCCCCCCOc1ccc(-c2nc(-c3ccc4c(c3)CCCC4)nc(-c3ccc(OCCCCCCCC)cc3O)n2)c(O)c1. The number of fused-ring (bicyclic) bond motifs is 1. The van der Waals surface area contributed by atoms with Crippen LogP contribution in [0.4, 0.5) is 0 Å². The summed E-state index contributed by atoms with van der Waals surface area (Å²) >= 11 is 0. The van der Waals surface area contributed by atoms with Gasteiger partial charge in [0.15, 0.2) is 17.5 Å². The monoisotopic (exact) mass is 651 g/mol. The van der Waals surface area contributed by atoms with E-state index in [2.05, 4.69) is 32.0 Å². The molecule has 2 N–H and O–H groups in total. The number of benzene rings is 3. The van der Waals surface area contributed by atoms with Crippen LogP contribution in [-0.2, 0) is 12.8 Å². The van der Waals surface area contributed by atoms with Gasteiger partial charge in [-0.25, -0.2) is 15.0 Å². The first kappa shape index (κ1) is 35.2. The van der Waals surface area contributed by atoms with Gasteiger partial charge < -0.3 is 19.7 Å². The molecule has 0 unspecified atom stereocenters. The van der Waals surface area contributed by atoms with E-state index < -0.39 is 0 Å². The van der Waals surface area contributed by atoms with Gasteiger partial charge in [0, 0.05) is 17.7 Å². The maximum atomic E-state index is 11.1. The fourth-order valence-electron chi connectivity index (χ4n) is 6.34. The summed E-state index contributed by atoms with van der Waals surface area (Å²) in [6.07, 6.45) is 18.8. The van der Waals surface area contributed by atoms with Crippen LogP contribution < -0.4 is 9.47 Å². The Kier molecular flexibility index (Phi) is 13.5. The molecule has 0 aliphatic heterocycles. The van der Waals surface area contributed by atoms with E-state index in [1.165, 1.54) is 75.3 Å². The smallest absolute Gasteiger partial charge is 0.167 e. The fraction of sp³-hybridized carbons (Fsp3) is 0.488. The number of rotatable bonds is 19. The Balaban J connectivity index is 1.37. The van der Waals surface area contributed by atoms with Gasteiger partial charge in [-0.05, 0) is 80.0 Å². The molecule has 0 atom stereocenters. The van der Waals surface area contributed by atoms with E-state index in [9.17, 15) is 10.2 Å². The van der Waals surface area contributed by atoms with Gasteiger partial charge in [-0.1, -0.05) is 90.2 Å². The lowest BCUT2D eigenvalue weighted by Gasteiger charge is -2.17. The minimum absolute atomic E-state index is 0.0339. The maximum absolute atomic E-state index is 11.1. The molecule has 5 rings (SSSR count). The molecule has 0 saturated heterocycles. The molecule has 1 heterocycles. The maximum Gasteiger partial charge on any atom is 0.167 e. The van der Waals surface area contributed by atoms with E-state index in [0.717, 1.165) is 44.1 Å². The van der Waals surface area contributed by atoms with Crippen molar-refractivity contribution in [3.05, 3.63) is 65.7 Å². The summed E-state index contributed by atoms with van der Waals surface area (Å²) in [5.74, 6) is 2.45. The molecule has 7 heteroatoms. The van der Waals surface area contributed by atoms with Crippen molar-refractivity contribution in [2.24, 2.45) is 0 Å². The van der Waals surface area contributed by atoms with E-state index in [4.69, 9.17) is 24.4 Å². The molecule has 48 heavy (non-hydrogen) atoms. The molecule has 0 amide bonds.